The number of amides is 1. The summed E-state index contributed by atoms with van der Waals surface area (Å²) >= 11 is 0. The summed E-state index contributed by atoms with van der Waals surface area (Å²) in [5, 5.41) is 3.91. The molecule has 1 fully saturated rings. The highest BCUT2D eigenvalue weighted by molar-refractivity contribution is 5.86. The summed E-state index contributed by atoms with van der Waals surface area (Å²) in [5.74, 6) is 0. The van der Waals surface area contributed by atoms with Crippen LogP contribution in [0.1, 0.15) is 19.8 Å². The minimum atomic E-state index is -0.499. The molecule has 5 nitrogen and oxygen atoms in total. The van der Waals surface area contributed by atoms with Crippen molar-refractivity contribution in [2.75, 3.05) is 19.8 Å². The van der Waals surface area contributed by atoms with Crippen LogP contribution in [0, 0.1) is 0 Å². The van der Waals surface area contributed by atoms with E-state index < -0.39 is 6.09 Å². The van der Waals surface area contributed by atoms with E-state index >= 15 is 0 Å². The fraction of sp³-hybridized carbons (Fsp3) is 0.750. The van der Waals surface area contributed by atoms with E-state index in [1.54, 1.807) is 6.92 Å². The first-order valence-electron chi connectivity index (χ1n) is 4.39. The molecule has 5 heteroatoms. The van der Waals surface area contributed by atoms with Crippen molar-refractivity contribution < 1.29 is 14.3 Å². The van der Waals surface area contributed by atoms with Crippen molar-refractivity contribution >= 4 is 11.8 Å². The summed E-state index contributed by atoms with van der Waals surface area (Å²) in [5.41, 5.74) is 3.28. The first-order valence-corrected chi connectivity index (χ1v) is 4.39. The van der Waals surface area contributed by atoms with Gasteiger partial charge in [-0.2, -0.15) is 5.10 Å². The van der Waals surface area contributed by atoms with Gasteiger partial charge in [-0.3, -0.25) is 0 Å². The third kappa shape index (κ3) is 3.89. The van der Waals surface area contributed by atoms with Gasteiger partial charge in [-0.05, 0) is 6.92 Å². The summed E-state index contributed by atoms with van der Waals surface area (Å²) in [7, 11) is 0. The predicted octanol–water partition coefficient (Wildman–Crippen LogP) is 0.899. The van der Waals surface area contributed by atoms with Gasteiger partial charge in [0.2, 0.25) is 0 Å². The Bertz CT molecular complexity index is 196. The highest BCUT2D eigenvalue weighted by atomic mass is 16.5. The van der Waals surface area contributed by atoms with Gasteiger partial charge in [0, 0.05) is 18.6 Å². The van der Waals surface area contributed by atoms with Gasteiger partial charge in [-0.15, -0.1) is 0 Å². The number of hydrazone groups is 1. The molecule has 0 aromatic rings. The maximum atomic E-state index is 10.8. The van der Waals surface area contributed by atoms with Crippen LogP contribution in [0.25, 0.3) is 0 Å². The van der Waals surface area contributed by atoms with Crippen LogP contribution in [0.15, 0.2) is 5.10 Å². The second kappa shape index (κ2) is 5.53. The van der Waals surface area contributed by atoms with Gasteiger partial charge < -0.3 is 9.47 Å². The second-order valence-electron chi connectivity index (χ2n) is 2.62. The van der Waals surface area contributed by atoms with E-state index in [4.69, 9.17) is 4.74 Å². The van der Waals surface area contributed by atoms with Gasteiger partial charge in [-0.25, -0.2) is 10.2 Å². The van der Waals surface area contributed by atoms with Crippen LogP contribution in [0.4, 0.5) is 4.79 Å². The molecule has 0 unspecified atom stereocenters. The lowest BCUT2D eigenvalue weighted by Crippen LogP contribution is -2.23. The van der Waals surface area contributed by atoms with Crippen LogP contribution in [0.5, 0.6) is 0 Å². The van der Waals surface area contributed by atoms with E-state index in [0.717, 1.165) is 18.6 Å². The number of hydrogen-bond acceptors (Lipinski definition) is 4. The topological polar surface area (TPSA) is 59.9 Å². The fourth-order valence-electron chi connectivity index (χ4n) is 1.01. The van der Waals surface area contributed by atoms with E-state index in [1.165, 1.54) is 0 Å². The van der Waals surface area contributed by atoms with Crippen molar-refractivity contribution in [3.63, 3.8) is 0 Å². The van der Waals surface area contributed by atoms with E-state index in [9.17, 15) is 4.79 Å². The zero-order chi connectivity index (χ0) is 9.52. The lowest BCUT2D eigenvalue weighted by atomic mass is 10.2. The maximum absolute atomic E-state index is 10.8. The molecule has 1 rings (SSSR count). The minimum absolute atomic E-state index is 0.361. The lowest BCUT2D eigenvalue weighted by molar-refractivity contribution is 0.133. The van der Waals surface area contributed by atoms with Crippen molar-refractivity contribution in [3.05, 3.63) is 0 Å². The van der Waals surface area contributed by atoms with Gasteiger partial charge in [0.1, 0.15) is 0 Å². The van der Waals surface area contributed by atoms with Crippen LogP contribution in [0.3, 0.4) is 0 Å². The molecule has 0 atom stereocenters. The molecule has 74 valence electrons. The SMILES string of the molecule is CCOC(=O)NN=C1CCOCC1. The summed E-state index contributed by atoms with van der Waals surface area (Å²) in [6.45, 7) is 3.48. The largest absolute Gasteiger partial charge is 0.449 e. The number of carbonyl (C=O) groups excluding carboxylic acids is 1. The Labute approximate surface area is 77.1 Å². The average molecular weight is 186 g/mol. The summed E-state index contributed by atoms with van der Waals surface area (Å²) in [6.07, 6.45) is 1.07. The minimum Gasteiger partial charge on any atom is -0.449 e. The van der Waals surface area contributed by atoms with Crippen LogP contribution in [-0.2, 0) is 9.47 Å². The Hall–Kier alpha value is -1.10. The molecular formula is C8H14N2O3. The Morgan fingerprint density at radius 3 is 2.92 bits per heavy atom. The Morgan fingerprint density at radius 2 is 2.31 bits per heavy atom. The zero-order valence-electron chi connectivity index (χ0n) is 7.71. The highest BCUT2D eigenvalue weighted by Gasteiger charge is 2.07. The third-order valence-corrected chi connectivity index (χ3v) is 1.65. The molecule has 1 N–H and O–H groups in total. The molecule has 1 saturated heterocycles. The molecule has 0 radical (unpaired) electrons. The standard InChI is InChI=1S/C8H14N2O3/c1-2-13-8(11)10-9-7-3-5-12-6-4-7/h2-6H2,1H3,(H,10,11). The monoisotopic (exact) mass is 186 g/mol. The quantitative estimate of drug-likeness (QED) is 0.652. The molecule has 0 aromatic carbocycles. The molecule has 0 aromatic heterocycles. The lowest BCUT2D eigenvalue weighted by Gasteiger charge is -2.12. The van der Waals surface area contributed by atoms with E-state index in [-0.39, 0.29) is 0 Å². The van der Waals surface area contributed by atoms with Crippen LogP contribution in [0.2, 0.25) is 0 Å². The van der Waals surface area contributed by atoms with Crippen LogP contribution in [-0.4, -0.2) is 31.6 Å². The van der Waals surface area contributed by atoms with Gasteiger partial charge in [0.15, 0.2) is 0 Å². The predicted molar refractivity (Wildman–Crippen MR) is 47.6 cm³/mol. The Kier molecular flexibility index (Phi) is 4.25. The first-order chi connectivity index (χ1) is 6.33. The average Bonchev–Trinajstić information content (AvgIpc) is 2.17. The van der Waals surface area contributed by atoms with Gasteiger partial charge in [0.25, 0.3) is 0 Å². The molecule has 1 amide bonds. The summed E-state index contributed by atoms with van der Waals surface area (Å²) in [6, 6.07) is 0. The number of ether oxygens (including phenoxy) is 2. The molecule has 0 spiro atoms. The van der Waals surface area contributed by atoms with Crippen molar-refractivity contribution in [3.8, 4) is 0 Å². The Balaban J connectivity index is 2.25. The number of nitrogens with one attached hydrogen (secondary N) is 1. The molecule has 0 saturated carbocycles. The molecule has 0 aliphatic carbocycles. The maximum Gasteiger partial charge on any atom is 0.427 e. The molecule has 13 heavy (non-hydrogen) atoms. The first kappa shape index (κ1) is 9.98. The molecule has 1 aliphatic heterocycles. The van der Waals surface area contributed by atoms with E-state index in [2.05, 4.69) is 15.3 Å². The summed E-state index contributed by atoms with van der Waals surface area (Å²) in [4.78, 5) is 10.8. The van der Waals surface area contributed by atoms with Crippen molar-refractivity contribution in [2.24, 2.45) is 5.10 Å². The number of hydrogen-bond donors (Lipinski definition) is 1. The smallest absolute Gasteiger partial charge is 0.427 e. The summed E-state index contributed by atoms with van der Waals surface area (Å²) < 4.78 is 9.77. The number of rotatable bonds is 2. The van der Waals surface area contributed by atoms with Crippen molar-refractivity contribution in [1.82, 2.24) is 5.43 Å². The second-order valence-corrected chi connectivity index (χ2v) is 2.62. The van der Waals surface area contributed by atoms with Gasteiger partial charge >= 0.3 is 6.09 Å². The van der Waals surface area contributed by atoms with Crippen molar-refractivity contribution in [1.29, 1.82) is 0 Å². The zero-order valence-corrected chi connectivity index (χ0v) is 7.71. The highest BCUT2D eigenvalue weighted by Crippen LogP contribution is 2.01. The van der Waals surface area contributed by atoms with Crippen LogP contribution < -0.4 is 5.43 Å². The molecule has 0 bridgehead atoms. The van der Waals surface area contributed by atoms with Crippen molar-refractivity contribution in [2.45, 2.75) is 19.8 Å². The van der Waals surface area contributed by atoms with Crippen LogP contribution >= 0.6 is 0 Å². The molecule has 1 aliphatic rings. The third-order valence-electron chi connectivity index (χ3n) is 1.65. The van der Waals surface area contributed by atoms with E-state index in [0.29, 0.717) is 19.8 Å². The Morgan fingerprint density at radius 1 is 1.62 bits per heavy atom. The number of carbonyl (C=O) groups is 1. The molecule has 1 heterocycles. The number of nitrogens with zero attached hydrogens (tertiary/aromatic N) is 1. The van der Waals surface area contributed by atoms with Gasteiger partial charge in [-0.1, -0.05) is 0 Å². The fourth-order valence-corrected chi connectivity index (χ4v) is 1.01. The van der Waals surface area contributed by atoms with E-state index in [1.807, 2.05) is 0 Å². The van der Waals surface area contributed by atoms with Gasteiger partial charge in [0.05, 0.1) is 19.8 Å². The molecular weight excluding hydrogens is 172 g/mol. The normalized spacial score (nSPS) is 16.5.